The first-order valence-electron chi connectivity index (χ1n) is 6.96. The van der Waals surface area contributed by atoms with E-state index in [1.165, 1.54) is 30.3 Å². The predicted octanol–water partition coefficient (Wildman–Crippen LogP) is 3.75. The van der Waals surface area contributed by atoms with Gasteiger partial charge in [0.05, 0.1) is 5.56 Å². The van der Waals surface area contributed by atoms with Gasteiger partial charge in [-0.25, -0.2) is 17.2 Å². The molecule has 2 aromatic carbocycles. The van der Waals surface area contributed by atoms with E-state index >= 15 is 0 Å². The molecule has 0 heterocycles. The van der Waals surface area contributed by atoms with Gasteiger partial charge >= 0.3 is 15.5 Å². The zero-order valence-corrected chi connectivity index (χ0v) is 14.2. The molecule has 2 aromatic rings. The summed E-state index contributed by atoms with van der Waals surface area (Å²) in [5.74, 6) is -1.22. The van der Waals surface area contributed by atoms with E-state index in [4.69, 9.17) is 0 Å². The number of hydrogen-bond donors (Lipinski definition) is 0. The molecule has 0 bridgehead atoms. The normalized spacial score (nSPS) is 11.7. The van der Waals surface area contributed by atoms with Crippen molar-refractivity contribution in [3.8, 4) is 0 Å². The van der Waals surface area contributed by atoms with E-state index in [-0.39, 0.29) is 15.4 Å². The lowest BCUT2D eigenvalue weighted by atomic mass is 10.2. The summed E-state index contributed by atoms with van der Waals surface area (Å²) >= 11 is 0. The zero-order valence-electron chi connectivity index (χ0n) is 13.4. The molecular formula is C16H14F5NO3S. The van der Waals surface area contributed by atoms with Crippen LogP contribution in [0.3, 0.4) is 0 Å². The molecule has 4 nitrogen and oxygen atoms in total. The number of hydrogen-bond acceptors (Lipinski definition) is 3. The quantitative estimate of drug-likeness (QED) is 0.585. The van der Waals surface area contributed by atoms with Gasteiger partial charge in [-0.15, -0.1) is 0 Å². The SMILES string of the molecule is CN(Cc1ccccc1F)S(=O)(=O)C(F)(F)F.O=Cc1ccccc1F. The van der Waals surface area contributed by atoms with Crippen molar-refractivity contribution in [3.05, 3.63) is 71.3 Å². The monoisotopic (exact) mass is 395 g/mol. The average molecular weight is 395 g/mol. The molecule has 0 aromatic heterocycles. The van der Waals surface area contributed by atoms with Gasteiger partial charge in [0.2, 0.25) is 0 Å². The Morgan fingerprint density at radius 3 is 1.88 bits per heavy atom. The van der Waals surface area contributed by atoms with Gasteiger partial charge in [-0.1, -0.05) is 30.3 Å². The Bertz CT molecular complexity index is 853. The maximum atomic E-state index is 13.1. The number of sulfonamides is 1. The number of alkyl halides is 3. The van der Waals surface area contributed by atoms with Crippen LogP contribution in [0.5, 0.6) is 0 Å². The number of halogens is 5. The Labute approximate surface area is 146 Å². The van der Waals surface area contributed by atoms with Crippen LogP contribution in [0.1, 0.15) is 15.9 Å². The fourth-order valence-corrected chi connectivity index (χ4v) is 2.36. The lowest BCUT2D eigenvalue weighted by Crippen LogP contribution is -2.37. The molecule has 0 N–H and O–H groups in total. The van der Waals surface area contributed by atoms with E-state index in [9.17, 15) is 35.2 Å². The predicted molar refractivity (Wildman–Crippen MR) is 84.6 cm³/mol. The molecule has 0 saturated heterocycles. The van der Waals surface area contributed by atoms with Crippen LogP contribution >= 0.6 is 0 Å². The van der Waals surface area contributed by atoms with E-state index in [1.54, 1.807) is 12.1 Å². The first-order valence-corrected chi connectivity index (χ1v) is 8.40. The van der Waals surface area contributed by atoms with Crippen LogP contribution in [0.2, 0.25) is 0 Å². The molecule has 0 spiro atoms. The molecule has 0 aliphatic rings. The number of rotatable bonds is 4. The number of carbonyl (C=O) groups is 1. The van der Waals surface area contributed by atoms with Crippen molar-refractivity contribution >= 4 is 16.3 Å². The van der Waals surface area contributed by atoms with Crippen molar-refractivity contribution in [1.82, 2.24) is 4.31 Å². The highest BCUT2D eigenvalue weighted by Gasteiger charge is 2.48. The molecule has 0 aliphatic heterocycles. The first-order chi connectivity index (χ1) is 12.0. The molecule has 26 heavy (non-hydrogen) atoms. The minimum Gasteiger partial charge on any atom is -0.298 e. The van der Waals surface area contributed by atoms with Gasteiger partial charge in [0.15, 0.2) is 6.29 Å². The molecular weight excluding hydrogens is 381 g/mol. The van der Waals surface area contributed by atoms with Gasteiger partial charge in [-0.05, 0) is 18.2 Å². The lowest BCUT2D eigenvalue weighted by molar-refractivity contribution is -0.0484. The second-order valence-corrected chi connectivity index (χ2v) is 6.97. The maximum Gasteiger partial charge on any atom is 0.511 e. The number of aldehydes is 1. The van der Waals surface area contributed by atoms with Crippen LogP contribution in [0.4, 0.5) is 22.0 Å². The third-order valence-electron chi connectivity index (χ3n) is 3.09. The van der Waals surface area contributed by atoms with E-state index in [1.807, 2.05) is 0 Å². The van der Waals surface area contributed by atoms with E-state index in [2.05, 4.69) is 0 Å². The first kappa shape index (κ1) is 21.7. The highest BCUT2D eigenvalue weighted by molar-refractivity contribution is 7.89. The van der Waals surface area contributed by atoms with Crippen LogP contribution in [0.25, 0.3) is 0 Å². The molecule has 0 atom stereocenters. The number of benzene rings is 2. The summed E-state index contributed by atoms with van der Waals surface area (Å²) in [5.41, 5.74) is -5.40. The Morgan fingerprint density at radius 1 is 0.962 bits per heavy atom. The molecule has 0 radical (unpaired) electrons. The highest BCUT2D eigenvalue weighted by Crippen LogP contribution is 2.27. The number of carbonyl (C=O) groups excluding carboxylic acids is 1. The molecule has 0 fully saturated rings. The molecule has 142 valence electrons. The standard InChI is InChI=1S/C9H9F4NO2S.C7H5FO/c1-14(17(15,16)9(11,12)13)6-7-4-2-3-5-8(7)10;8-7-4-2-1-3-6(7)5-9/h2-5H,6H2,1H3;1-5H. The van der Waals surface area contributed by atoms with Crippen LogP contribution in [-0.2, 0) is 16.6 Å². The van der Waals surface area contributed by atoms with Crippen molar-refractivity contribution in [3.63, 3.8) is 0 Å². The van der Waals surface area contributed by atoms with Crippen molar-refractivity contribution < 1.29 is 35.2 Å². The minimum atomic E-state index is -5.42. The smallest absolute Gasteiger partial charge is 0.298 e. The highest BCUT2D eigenvalue weighted by atomic mass is 32.2. The molecule has 0 saturated carbocycles. The fourth-order valence-electron chi connectivity index (χ4n) is 1.70. The van der Waals surface area contributed by atoms with Gasteiger partial charge in [0.1, 0.15) is 11.6 Å². The van der Waals surface area contributed by atoms with E-state index in [0.717, 1.165) is 13.1 Å². The number of nitrogens with zero attached hydrogens (tertiary/aromatic N) is 1. The average Bonchev–Trinajstić information content (AvgIpc) is 2.57. The Morgan fingerprint density at radius 2 is 1.46 bits per heavy atom. The molecule has 10 heteroatoms. The van der Waals surface area contributed by atoms with Crippen LogP contribution in [0.15, 0.2) is 48.5 Å². The topological polar surface area (TPSA) is 54.5 Å². The Hall–Kier alpha value is -2.33. The van der Waals surface area contributed by atoms with Crippen molar-refractivity contribution in [2.24, 2.45) is 0 Å². The maximum absolute atomic E-state index is 13.1. The Kier molecular flexibility index (Phi) is 7.40. The summed E-state index contributed by atoms with van der Waals surface area (Å²) in [6, 6.07) is 10.9. The summed E-state index contributed by atoms with van der Waals surface area (Å²) in [4.78, 5) is 9.99. The van der Waals surface area contributed by atoms with E-state index in [0.29, 0.717) is 6.29 Å². The van der Waals surface area contributed by atoms with Gasteiger partial charge in [0.25, 0.3) is 0 Å². The van der Waals surface area contributed by atoms with Crippen LogP contribution < -0.4 is 0 Å². The third-order valence-corrected chi connectivity index (χ3v) is 4.62. The van der Waals surface area contributed by atoms with E-state index < -0.39 is 33.7 Å². The molecule has 2 rings (SSSR count). The minimum absolute atomic E-state index is 0.0609. The van der Waals surface area contributed by atoms with Crippen molar-refractivity contribution in [1.29, 1.82) is 0 Å². The summed E-state index contributed by atoms with van der Waals surface area (Å²) in [7, 11) is -4.68. The molecule has 0 amide bonds. The van der Waals surface area contributed by atoms with Gasteiger partial charge in [-0.3, -0.25) is 4.79 Å². The summed E-state index contributed by atoms with van der Waals surface area (Å²) in [6.45, 7) is -0.672. The van der Waals surface area contributed by atoms with Crippen LogP contribution in [-0.4, -0.2) is 31.6 Å². The summed E-state index contributed by atoms with van der Waals surface area (Å²) in [5, 5.41) is 0. The molecule has 0 aliphatic carbocycles. The van der Waals surface area contributed by atoms with Crippen molar-refractivity contribution in [2.45, 2.75) is 12.1 Å². The van der Waals surface area contributed by atoms with Gasteiger partial charge < -0.3 is 0 Å². The lowest BCUT2D eigenvalue weighted by Gasteiger charge is -2.18. The van der Waals surface area contributed by atoms with Gasteiger partial charge in [0, 0.05) is 19.2 Å². The zero-order chi connectivity index (χ0) is 20.0. The second kappa shape index (κ2) is 8.86. The second-order valence-electron chi connectivity index (χ2n) is 4.94. The van der Waals surface area contributed by atoms with Crippen LogP contribution in [0, 0.1) is 11.6 Å². The molecule has 0 unspecified atom stereocenters. The summed E-state index contributed by atoms with van der Waals surface area (Å²) < 4.78 is 83.9. The van der Waals surface area contributed by atoms with Crippen molar-refractivity contribution in [2.75, 3.05) is 7.05 Å². The largest absolute Gasteiger partial charge is 0.511 e. The fraction of sp³-hybridized carbons (Fsp3) is 0.188. The third kappa shape index (κ3) is 5.60. The summed E-state index contributed by atoms with van der Waals surface area (Å²) in [6.07, 6.45) is 0.495. The Balaban J connectivity index is 0.000000314. The van der Waals surface area contributed by atoms with Gasteiger partial charge in [-0.2, -0.15) is 17.5 Å².